The fourth-order valence-electron chi connectivity index (χ4n) is 6.41. The lowest BCUT2D eigenvalue weighted by molar-refractivity contribution is 0.993. The maximum atomic E-state index is 5.25. The molecular formula is C40H25N3S. The molecule has 0 spiro atoms. The van der Waals surface area contributed by atoms with Gasteiger partial charge in [0.1, 0.15) is 0 Å². The smallest absolute Gasteiger partial charge is 0.235 e. The molecule has 0 unspecified atom stereocenters. The van der Waals surface area contributed by atoms with Gasteiger partial charge in [-0.25, -0.2) is 9.97 Å². The van der Waals surface area contributed by atoms with Gasteiger partial charge in [0.25, 0.3) is 0 Å². The van der Waals surface area contributed by atoms with Gasteiger partial charge in [-0.3, -0.25) is 4.57 Å². The number of hydrogen-bond acceptors (Lipinski definition) is 3. The Morgan fingerprint density at radius 2 is 1.18 bits per heavy atom. The molecule has 0 saturated heterocycles. The summed E-state index contributed by atoms with van der Waals surface area (Å²) in [6.07, 6.45) is 1.89. The molecule has 3 heterocycles. The van der Waals surface area contributed by atoms with Crippen molar-refractivity contribution in [3.63, 3.8) is 0 Å². The first-order chi connectivity index (χ1) is 21.8. The minimum atomic E-state index is 0.665. The van der Waals surface area contributed by atoms with Crippen molar-refractivity contribution in [1.29, 1.82) is 0 Å². The van der Waals surface area contributed by atoms with E-state index in [1.807, 2.05) is 23.6 Å². The predicted molar refractivity (Wildman–Crippen MR) is 186 cm³/mol. The lowest BCUT2D eigenvalue weighted by atomic mass is 10.0. The van der Waals surface area contributed by atoms with Crippen LogP contribution in [0.25, 0.3) is 81.4 Å². The fraction of sp³-hybridized carbons (Fsp3) is 0. The van der Waals surface area contributed by atoms with Crippen LogP contribution in [0.2, 0.25) is 0 Å². The maximum absolute atomic E-state index is 5.25. The second-order valence-electron chi connectivity index (χ2n) is 11.1. The van der Waals surface area contributed by atoms with E-state index >= 15 is 0 Å². The standard InChI is InChI=1S/C40H25N3S/c1-3-10-26(11-4-1)28-19-21-36-34(24-28)30-20-18-29(27-12-5-2-6-13-27)25-37(30)43(36)40-41-23-22-35(42-40)33-16-9-15-32-31-14-7-8-17-38(31)44-39(32)33/h1-25H. The summed E-state index contributed by atoms with van der Waals surface area (Å²) in [6.45, 7) is 0. The van der Waals surface area contributed by atoms with Crippen molar-refractivity contribution in [2.45, 2.75) is 0 Å². The van der Waals surface area contributed by atoms with Crippen LogP contribution >= 0.6 is 11.3 Å². The number of aromatic nitrogens is 3. The molecular weight excluding hydrogens is 555 g/mol. The molecule has 3 aromatic heterocycles. The summed E-state index contributed by atoms with van der Waals surface area (Å²) >= 11 is 1.82. The molecule has 9 rings (SSSR count). The molecule has 0 aliphatic heterocycles. The maximum Gasteiger partial charge on any atom is 0.235 e. The first kappa shape index (κ1) is 25.0. The van der Waals surface area contributed by atoms with Crippen molar-refractivity contribution in [2.24, 2.45) is 0 Å². The van der Waals surface area contributed by atoms with E-state index in [0.29, 0.717) is 5.95 Å². The molecule has 9 aromatic rings. The van der Waals surface area contributed by atoms with E-state index in [4.69, 9.17) is 9.97 Å². The normalized spacial score (nSPS) is 11.6. The van der Waals surface area contributed by atoms with E-state index in [9.17, 15) is 0 Å². The number of thiophene rings is 1. The lowest BCUT2D eigenvalue weighted by Crippen LogP contribution is -2.02. The lowest BCUT2D eigenvalue weighted by Gasteiger charge is -2.10. The highest BCUT2D eigenvalue weighted by molar-refractivity contribution is 7.26. The van der Waals surface area contributed by atoms with Gasteiger partial charge in [0.05, 0.1) is 16.7 Å². The molecule has 0 N–H and O–H groups in total. The van der Waals surface area contributed by atoms with Gasteiger partial charge in [0.2, 0.25) is 5.95 Å². The Kier molecular flexibility index (Phi) is 5.68. The predicted octanol–water partition coefficient (Wildman–Crippen LogP) is 10.9. The van der Waals surface area contributed by atoms with Crippen LogP contribution in [0, 0.1) is 0 Å². The molecule has 0 aliphatic carbocycles. The van der Waals surface area contributed by atoms with E-state index < -0.39 is 0 Å². The van der Waals surface area contributed by atoms with Crippen LogP contribution in [0.1, 0.15) is 0 Å². The van der Waals surface area contributed by atoms with Crippen molar-refractivity contribution in [3.05, 3.63) is 152 Å². The number of benzene rings is 6. The zero-order valence-electron chi connectivity index (χ0n) is 23.7. The number of hydrogen-bond donors (Lipinski definition) is 0. The van der Waals surface area contributed by atoms with Gasteiger partial charge >= 0.3 is 0 Å². The van der Waals surface area contributed by atoms with Crippen molar-refractivity contribution in [3.8, 4) is 39.5 Å². The minimum absolute atomic E-state index is 0.665. The van der Waals surface area contributed by atoms with E-state index in [2.05, 4.69) is 144 Å². The van der Waals surface area contributed by atoms with Crippen molar-refractivity contribution in [2.75, 3.05) is 0 Å². The van der Waals surface area contributed by atoms with E-state index in [1.54, 1.807) is 0 Å². The number of rotatable bonds is 4. The van der Waals surface area contributed by atoms with Crippen molar-refractivity contribution >= 4 is 53.3 Å². The Labute approximate surface area is 258 Å². The minimum Gasteiger partial charge on any atom is -0.278 e. The highest BCUT2D eigenvalue weighted by Gasteiger charge is 2.18. The number of nitrogens with zero attached hydrogens (tertiary/aromatic N) is 3. The first-order valence-electron chi connectivity index (χ1n) is 14.7. The molecule has 44 heavy (non-hydrogen) atoms. The van der Waals surface area contributed by atoms with Crippen molar-refractivity contribution in [1.82, 2.24) is 14.5 Å². The Bertz CT molecular complexity index is 2490. The first-order valence-corrected chi connectivity index (χ1v) is 15.6. The molecule has 3 nitrogen and oxygen atoms in total. The van der Waals surface area contributed by atoms with Crippen molar-refractivity contribution < 1.29 is 0 Å². The Hall–Kier alpha value is -5.58. The second kappa shape index (κ2) is 10.0. The summed E-state index contributed by atoms with van der Waals surface area (Å²) in [7, 11) is 0. The molecule has 0 radical (unpaired) electrons. The average Bonchev–Trinajstić information content (AvgIpc) is 3.64. The van der Waals surface area contributed by atoms with Crippen LogP contribution < -0.4 is 0 Å². The molecule has 4 heteroatoms. The third-order valence-corrected chi connectivity index (χ3v) is 9.72. The summed E-state index contributed by atoms with van der Waals surface area (Å²) in [5, 5.41) is 4.91. The van der Waals surface area contributed by atoms with Crippen LogP contribution in [0.5, 0.6) is 0 Å². The largest absolute Gasteiger partial charge is 0.278 e. The average molecular weight is 580 g/mol. The van der Waals surface area contributed by atoms with Gasteiger partial charge in [0.15, 0.2) is 0 Å². The third-order valence-electron chi connectivity index (χ3n) is 8.50. The van der Waals surface area contributed by atoms with Gasteiger partial charge in [-0.2, -0.15) is 0 Å². The van der Waals surface area contributed by atoms with E-state index in [-0.39, 0.29) is 0 Å². The van der Waals surface area contributed by atoms with Crippen LogP contribution in [0.4, 0.5) is 0 Å². The molecule has 0 fully saturated rings. The molecule has 0 atom stereocenters. The highest BCUT2D eigenvalue weighted by Crippen LogP contribution is 2.40. The molecule has 0 bridgehead atoms. The fourth-order valence-corrected chi connectivity index (χ4v) is 7.64. The molecule has 0 amide bonds. The molecule has 0 aliphatic rings. The summed E-state index contributed by atoms with van der Waals surface area (Å²) in [5.74, 6) is 0.665. The third kappa shape index (κ3) is 3.96. The van der Waals surface area contributed by atoms with Gasteiger partial charge in [-0.1, -0.05) is 115 Å². The van der Waals surface area contributed by atoms with E-state index in [1.165, 1.54) is 47.6 Å². The Morgan fingerprint density at radius 1 is 0.477 bits per heavy atom. The zero-order valence-corrected chi connectivity index (χ0v) is 24.5. The topological polar surface area (TPSA) is 30.7 Å². The number of fused-ring (bicyclic) bond motifs is 6. The van der Waals surface area contributed by atoms with Gasteiger partial charge in [0, 0.05) is 42.7 Å². The van der Waals surface area contributed by atoms with Crippen LogP contribution in [0.3, 0.4) is 0 Å². The Balaban J connectivity index is 1.29. The van der Waals surface area contributed by atoms with E-state index in [0.717, 1.165) is 27.9 Å². The van der Waals surface area contributed by atoms with Gasteiger partial charge < -0.3 is 0 Å². The SMILES string of the molecule is c1ccc(-c2ccc3c(c2)c2ccc(-c4ccccc4)cc2n3-c2nccc(-c3cccc4c3sc3ccccc34)n2)cc1. The highest BCUT2D eigenvalue weighted by atomic mass is 32.1. The zero-order chi connectivity index (χ0) is 29.0. The summed E-state index contributed by atoms with van der Waals surface area (Å²) in [5.41, 5.74) is 8.96. The molecule has 0 saturated carbocycles. The van der Waals surface area contributed by atoms with Gasteiger partial charge in [-0.05, 0) is 52.6 Å². The Morgan fingerprint density at radius 3 is 2.00 bits per heavy atom. The summed E-state index contributed by atoms with van der Waals surface area (Å²) in [4.78, 5) is 10.1. The van der Waals surface area contributed by atoms with Crippen LogP contribution in [-0.2, 0) is 0 Å². The second-order valence-corrected chi connectivity index (χ2v) is 12.1. The monoisotopic (exact) mass is 579 g/mol. The molecule has 206 valence electrons. The molecule has 6 aromatic carbocycles. The van der Waals surface area contributed by atoms with Gasteiger partial charge in [-0.15, -0.1) is 11.3 Å². The van der Waals surface area contributed by atoms with Crippen LogP contribution in [0.15, 0.2) is 152 Å². The summed E-state index contributed by atoms with van der Waals surface area (Å²) in [6, 6.07) is 51.7. The summed E-state index contributed by atoms with van der Waals surface area (Å²) < 4.78 is 4.76. The van der Waals surface area contributed by atoms with Crippen LogP contribution in [-0.4, -0.2) is 14.5 Å². The quantitative estimate of drug-likeness (QED) is 0.208.